The van der Waals surface area contributed by atoms with Gasteiger partial charge in [0.1, 0.15) is 0 Å². The van der Waals surface area contributed by atoms with Crippen molar-refractivity contribution in [3.63, 3.8) is 0 Å². The molecule has 4 aromatic carbocycles. The average molecular weight is 364 g/mol. The molecule has 0 bridgehead atoms. The van der Waals surface area contributed by atoms with Crippen LogP contribution in [0.15, 0.2) is 97.2 Å². The molecular formula is C24H16N2O2. The number of hydrogen-bond donors (Lipinski definition) is 0. The van der Waals surface area contributed by atoms with Crippen molar-refractivity contribution in [3.8, 4) is 16.8 Å². The number of nitro groups is 1. The van der Waals surface area contributed by atoms with Gasteiger partial charge in [-0.05, 0) is 52.7 Å². The molecule has 1 heterocycles. The molecule has 0 fully saturated rings. The molecular weight excluding hydrogens is 348 g/mol. The van der Waals surface area contributed by atoms with E-state index >= 15 is 0 Å². The summed E-state index contributed by atoms with van der Waals surface area (Å²) >= 11 is 0. The van der Waals surface area contributed by atoms with E-state index in [1.165, 1.54) is 0 Å². The average Bonchev–Trinajstić information content (AvgIpc) is 3.16. The topological polar surface area (TPSA) is 48.1 Å². The Labute approximate surface area is 161 Å². The second-order valence-corrected chi connectivity index (χ2v) is 6.77. The smallest absolute Gasteiger partial charge is 0.277 e. The lowest BCUT2D eigenvalue weighted by molar-refractivity contribution is -0.384. The van der Waals surface area contributed by atoms with Crippen molar-refractivity contribution in [3.05, 3.63) is 107 Å². The zero-order valence-corrected chi connectivity index (χ0v) is 14.9. The van der Waals surface area contributed by atoms with E-state index in [4.69, 9.17) is 0 Å². The van der Waals surface area contributed by atoms with E-state index in [0.29, 0.717) is 5.56 Å². The van der Waals surface area contributed by atoms with Gasteiger partial charge in [-0.15, -0.1) is 0 Å². The minimum atomic E-state index is -0.304. The zero-order valence-electron chi connectivity index (χ0n) is 14.9. The van der Waals surface area contributed by atoms with E-state index in [9.17, 15) is 10.1 Å². The Balaban J connectivity index is 1.70. The summed E-state index contributed by atoms with van der Waals surface area (Å²) in [7, 11) is 0. The lowest BCUT2D eigenvalue weighted by atomic mass is 9.98. The predicted molar refractivity (Wildman–Crippen MR) is 113 cm³/mol. The molecule has 0 unspecified atom stereocenters. The minimum Gasteiger partial charge on any atom is -0.317 e. The highest BCUT2D eigenvalue weighted by Crippen LogP contribution is 2.35. The first-order valence-electron chi connectivity index (χ1n) is 9.05. The monoisotopic (exact) mass is 364 g/mol. The molecule has 0 atom stereocenters. The summed E-state index contributed by atoms with van der Waals surface area (Å²) in [5.41, 5.74) is 3.76. The normalized spacial score (nSPS) is 11.1. The largest absolute Gasteiger partial charge is 0.317 e. The molecule has 0 N–H and O–H groups in total. The van der Waals surface area contributed by atoms with Crippen LogP contribution in [0.1, 0.15) is 0 Å². The van der Waals surface area contributed by atoms with Crippen molar-refractivity contribution in [2.45, 2.75) is 0 Å². The van der Waals surface area contributed by atoms with Crippen LogP contribution in [-0.2, 0) is 0 Å². The van der Waals surface area contributed by atoms with Gasteiger partial charge >= 0.3 is 0 Å². The first-order valence-corrected chi connectivity index (χ1v) is 9.05. The van der Waals surface area contributed by atoms with Gasteiger partial charge in [0.2, 0.25) is 0 Å². The summed E-state index contributed by atoms with van der Waals surface area (Å²) in [5.74, 6) is 0. The van der Waals surface area contributed by atoms with Crippen LogP contribution in [0.5, 0.6) is 0 Å². The van der Waals surface area contributed by atoms with Crippen LogP contribution in [0.2, 0.25) is 0 Å². The molecule has 4 heteroatoms. The zero-order chi connectivity index (χ0) is 19.1. The fourth-order valence-electron chi connectivity index (χ4n) is 3.73. The van der Waals surface area contributed by atoms with Crippen LogP contribution in [0.4, 0.5) is 5.69 Å². The number of nitrogens with zero attached hydrogens (tertiary/aromatic N) is 2. The highest BCUT2D eigenvalue weighted by atomic mass is 16.6. The molecule has 0 spiro atoms. The molecule has 5 aromatic rings. The van der Waals surface area contributed by atoms with E-state index in [1.807, 2.05) is 79.0 Å². The molecule has 134 valence electrons. The number of para-hydroxylation sites is 1. The summed E-state index contributed by atoms with van der Waals surface area (Å²) < 4.78 is 2.12. The maximum absolute atomic E-state index is 11.7. The predicted octanol–water partition coefficient (Wildman–Crippen LogP) is 6.36. The SMILES string of the molecule is O=[N+]([O-])c1cc2ccccc2cc1-c1ccc2c(ccn2-c2ccccc2)c1. The van der Waals surface area contributed by atoms with Gasteiger partial charge in [-0.1, -0.05) is 48.5 Å². The molecule has 1 aromatic heterocycles. The van der Waals surface area contributed by atoms with Crippen LogP contribution < -0.4 is 0 Å². The van der Waals surface area contributed by atoms with Crippen molar-refractivity contribution in [2.75, 3.05) is 0 Å². The second kappa shape index (κ2) is 6.35. The highest BCUT2D eigenvalue weighted by molar-refractivity contribution is 5.95. The van der Waals surface area contributed by atoms with E-state index < -0.39 is 0 Å². The Morgan fingerprint density at radius 2 is 1.43 bits per heavy atom. The number of fused-ring (bicyclic) bond motifs is 2. The van der Waals surface area contributed by atoms with Crippen LogP contribution >= 0.6 is 0 Å². The minimum absolute atomic E-state index is 0.126. The molecule has 0 aliphatic carbocycles. The van der Waals surface area contributed by atoms with Gasteiger partial charge in [0, 0.05) is 23.3 Å². The number of rotatable bonds is 3. The fourth-order valence-corrected chi connectivity index (χ4v) is 3.73. The van der Waals surface area contributed by atoms with Crippen molar-refractivity contribution in [1.82, 2.24) is 4.57 Å². The van der Waals surface area contributed by atoms with E-state index in [1.54, 1.807) is 6.07 Å². The first-order chi connectivity index (χ1) is 13.7. The fraction of sp³-hybridized carbons (Fsp3) is 0. The van der Waals surface area contributed by atoms with Crippen molar-refractivity contribution < 1.29 is 4.92 Å². The van der Waals surface area contributed by atoms with Gasteiger partial charge in [-0.25, -0.2) is 0 Å². The highest BCUT2D eigenvalue weighted by Gasteiger charge is 2.17. The molecule has 5 rings (SSSR count). The van der Waals surface area contributed by atoms with E-state index in [0.717, 1.165) is 32.9 Å². The number of benzene rings is 4. The Morgan fingerprint density at radius 1 is 0.714 bits per heavy atom. The van der Waals surface area contributed by atoms with Gasteiger partial charge in [0.05, 0.1) is 16.0 Å². The van der Waals surface area contributed by atoms with Crippen molar-refractivity contribution in [1.29, 1.82) is 0 Å². The lowest BCUT2D eigenvalue weighted by Crippen LogP contribution is -1.93. The maximum atomic E-state index is 11.7. The van der Waals surface area contributed by atoms with Gasteiger partial charge in [-0.3, -0.25) is 10.1 Å². The standard InChI is InChI=1S/C24H16N2O2/c27-26(28)24-16-18-7-5-4-6-17(18)15-22(24)19-10-11-23-20(14-19)12-13-25(23)21-8-2-1-3-9-21/h1-16H. The Hall–Kier alpha value is -3.92. The second-order valence-electron chi connectivity index (χ2n) is 6.77. The summed E-state index contributed by atoms with van der Waals surface area (Å²) in [5, 5.41) is 14.6. The third kappa shape index (κ3) is 2.63. The van der Waals surface area contributed by atoms with Gasteiger partial charge in [0.15, 0.2) is 0 Å². The third-order valence-electron chi connectivity index (χ3n) is 5.10. The summed E-state index contributed by atoms with van der Waals surface area (Å²) in [6.07, 6.45) is 2.03. The summed E-state index contributed by atoms with van der Waals surface area (Å²) in [6, 6.07) is 29.4. The third-order valence-corrected chi connectivity index (χ3v) is 5.10. The van der Waals surface area contributed by atoms with Gasteiger partial charge in [0.25, 0.3) is 5.69 Å². The van der Waals surface area contributed by atoms with E-state index in [-0.39, 0.29) is 10.6 Å². The molecule has 0 saturated carbocycles. The van der Waals surface area contributed by atoms with Gasteiger partial charge < -0.3 is 4.57 Å². The molecule has 28 heavy (non-hydrogen) atoms. The van der Waals surface area contributed by atoms with E-state index in [2.05, 4.69) is 16.7 Å². The lowest BCUT2D eigenvalue weighted by Gasteiger charge is -2.08. The number of nitro benzene ring substituents is 1. The van der Waals surface area contributed by atoms with Crippen LogP contribution in [0, 0.1) is 10.1 Å². The van der Waals surface area contributed by atoms with Gasteiger partial charge in [-0.2, -0.15) is 0 Å². The first kappa shape index (κ1) is 16.3. The van der Waals surface area contributed by atoms with Crippen molar-refractivity contribution >= 4 is 27.4 Å². The Kier molecular flexibility index (Phi) is 3.69. The molecule has 0 aliphatic rings. The van der Waals surface area contributed by atoms with Crippen LogP contribution in [0.25, 0.3) is 38.5 Å². The van der Waals surface area contributed by atoms with Crippen molar-refractivity contribution in [2.24, 2.45) is 0 Å². The maximum Gasteiger partial charge on any atom is 0.277 e. The molecule has 0 radical (unpaired) electrons. The van der Waals surface area contributed by atoms with Crippen LogP contribution in [-0.4, -0.2) is 9.49 Å². The number of hydrogen-bond acceptors (Lipinski definition) is 2. The van der Waals surface area contributed by atoms with Crippen LogP contribution in [0.3, 0.4) is 0 Å². The Bertz CT molecular complexity index is 1340. The molecule has 0 saturated heterocycles. The molecule has 4 nitrogen and oxygen atoms in total. The summed E-state index contributed by atoms with van der Waals surface area (Å²) in [4.78, 5) is 11.4. The number of aromatic nitrogens is 1. The Morgan fingerprint density at radius 3 is 2.18 bits per heavy atom. The summed E-state index contributed by atoms with van der Waals surface area (Å²) in [6.45, 7) is 0. The molecule has 0 aliphatic heterocycles. The molecule has 0 amide bonds. The quantitative estimate of drug-likeness (QED) is 0.276.